The van der Waals surface area contributed by atoms with E-state index < -0.39 is 5.97 Å². The normalized spacial score (nSPS) is 13.6. The number of benzene rings is 1. The van der Waals surface area contributed by atoms with Crippen molar-refractivity contribution in [1.82, 2.24) is 4.98 Å². The van der Waals surface area contributed by atoms with Gasteiger partial charge >= 0.3 is 5.97 Å². The Hall–Kier alpha value is -1.84. The number of carboxylic acids is 1. The first-order chi connectivity index (χ1) is 9.26. The highest BCUT2D eigenvalue weighted by atomic mass is 16.4. The van der Waals surface area contributed by atoms with Gasteiger partial charge in [-0.1, -0.05) is 33.8 Å². The average molecular weight is 275 g/mol. The third-order valence-electron chi connectivity index (χ3n) is 3.17. The Morgan fingerprint density at radius 1 is 1.40 bits per heavy atom. The SMILES string of the molecule is CC(Cc1nc2cccc(C(=O)O)c2o1)CC(C)(C)C. The van der Waals surface area contributed by atoms with E-state index in [0.29, 0.717) is 22.9 Å². The lowest BCUT2D eigenvalue weighted by atomic mass is 9.84. The molecule has 4 nitrogen and oxygen atoms in total. The first-order valence-corrected chi connectivity index (χ1v) is 6.88. The molecule has 1 N–H and O–H groups in total. The smallest absolute Gasteiger partial charge is 0.339 e. The second-order valence-corrected chi connectivity index (χ2v) is 6.64. The Balaban J connectivity index is 2.24. The van der Waals surface area contributed by atoms with Crippen LogP contribution in [0.1, 0.15) is 50.4 Å². The highest BCUT2D eigenvalue weighted by molar-refractivity contribution is 5.99. The van der Waals surface area contributed by atoms with Gasteiger partial charge in [-0.25, -0.2) is 9.78 Å². The summed E-state index contributed by atoms with van der Waals surface area (Å²) in [6, 6.07) is 5.01. The van der Waals surface area contributed by atoms with Gasteiger partial charge in [0.15, 0.2) is 11.5 Å². The molecule has 0 fully saturated rings. The molecule has 0 aliphatic heterocycles. The zero-order chi connectivity index (χ0) is 14.9. The van der Waals surface area contributed by atoms with Crippen LogP contribution in [0.15, 0.2) is 22.6 Å². The second-order valence-electron chi connectivity index (χ2n) is 6.64. The molecule has 1 heterocycles. The van der Waals surface area contributed by atoms with Crippen LogP contribution >= 0.6 is 0 Å². The monoisotopic (exact) mass is 275 g/mol. The van der Waals surface area contributed by atoms with Crippen LogP contribution in [0, 0.1) is 11.3 Å². The van der Waals surface area contributed by atoms with Crippen molar-refractivity contribution in [3.8, 4) is 0 Å². The molecular weight excluding hydrogens is 254 g/mol. The maximum atomic E-state index is 11.1. The zero-order valence-electron chi connectivity index (χ0n) is 12.4. The van der Waals surface area contributed by atoms with Crippen molar-refractivity contribution in [1.29, 1.82) is 0 Å². The fourth-order valence-corrected chi connectivity index (χ4v) is 2.67. The fraction of sp³-hybridized carbons (Fsp3) is 0.500. The lowest BCUT2D eigenvalue weighted by Crippen LogP contribution is -2.12. The number of oxazole rings is 1. The van der Waals surface area contributed by atoms with E-state index in [0.717, 1.165) is 12.8 Å². The Labute approximate surface area is 118 Å². The van der Waals surface area contributed by atoms with E-state index in [4.69, 9.17) is 9.52 Å². The van der Waals surface area contributed by atoms with Crippen molar-refractivity contribution < 1.29 is 14.3 Å². The molecule has 1 atom stereocenters. The van der Waals surface area contributed by atoms with Crippen molar-refractivity contribution in [2.24, 2.45) is 11.3 Å². The van der Waals surface area contributed by atoms with E-state index in [1.54, 1.807) is 12.1 Å². The maximum Gasteiger partial charge on any atom is 0.339 e. The summed E-state index contributed by atoms with van der Waals surface area (Å²) in [7, 11) is 0. The zero-order valence-corrected chi connectivity index (χ0v) is 12.4. The van der Waals surface area contributed by atoms with E-state index in [1.807, 2.05) is 0 Å². The second kappa shape index (κ2) is 5.27. The number of hydrogen-bond donors (Lipinski definition) is 1. The van der Waals surface area contributed by atoms with Gasteiger partial charge in [-0.2, -0.15) is 0 Å². The van der Waals surface area contributed by atoms with Crippen molar-refractivity contribution in [2.75, 3.05) is 0 Å². The first-order valence-electron chi connectivity index (χ1n) is 6.88. The molecule has 1 unspecified atom stereocenters. The number of nitrogens with zero attached hydrogens (tertiary/aromatic N) is 1. The Morgan fingerprint density at radius 2 is 2.10 bits per heavy atom. The summed E-state index contributed by atoms with van der Waals surface area (Å²) in [5, 5.41) is 9.14. The highest BCUT2D eigenvalue weighted by Gasteiger charge is 2.19. The lowest BCUT2D eigenvalue weighted by Gasteiger charge is -2.22. The molecule has 0 spiro atoms. The van der Waals surface area contributed by atoms with Gasteiger partial charge < -0.3 is 9.52 Å². The first kappa shape index (κ1) is 14.6. The van der Waals surface area contributed by atoms with Gasteiger partial charge in [0.05, 0.1) is 0 Å². The number of aromatic carboxylic acids is 1. The summed E-state index contributed by atoms with van der Waals surface area (Å²) >= 11 is 0. The van der Waals surface area contributed by atoms with Crippen molar-refractivity contribution >= 4 is 17.1 Å². The van der Waals surface area contributed by atoms with Gasteiger partial charge in [0.1, 0.15) is 11.1 Å². The Bertz CT molecular complexity index is 622. The van der Waals surface area contributed by atoms with Crippen LogP contribution in [0.2, 0.25) is 0 Å². The van der Waals surface area contributed by atoms with Crippen LogP contribution in [0.25, 0.3) is 11.1 Å². The lowest BCUT2D eigenvalue weighted by molar-refractivity contribution is 0.0698. The number of hydrogen-bond acceptors (Lipinski definition) is 3. The molecule has 4 heteroatoms. The highest BCUT2D eigenvalue weighted by Crippen LogP contribution is 2.27. The minimum atomic E-state index is -0.985. The third kappa shape index (κ3) is 3.38. The summed E-state index contributed by atoms with van der Waals surface area (Å²) in [5.74, 6) is 0.0721. The molecule has 2 aromatic rings. The number of aromatic nitrogens is 1. The summed E-state index contributed by atoms with van der Waals surface area (Å²) in [6.07, 6.45) is 1.79. The molecule has 2 rings (SSSR count). The number of rotatable bonds is 4. The predicted molar refractivity (Wildman–Crippen MR) is 77.9 cm³/mol. The third-order valence-corrected chi connectivity index (χ3v) is 3.17. The largest absolute Gasteiger partial charge is 0.478 e. The molecule has 1 aromatic carbocycles. The van der Waals surface area contributed by atoms with Crippen LogP contribution in [0.5, 0.6) is 0 Å². The molecular formula is C16H21NO3. The molecule has 0 radical (unpaired) electrons. The molecule has 0 bridgehead atoms. The number of fused-ring (bicyclic) bond motifs is 1. The molecule has 0 saturated heterocycles. The van der Waals surface area contributed by atoms with Crippen molar-refractivity contribution in [3.63, 3.8) is 0 Å². The van der Waals surface area contributed by atoms with Gasteiger partial charge in [-0.3, -0.25) is 0 Å². The van der Waals surface area contributed by atoms with Crippen LogP contribution in [-0.4, -0.2) is 16.1 Å². The molecule has 0 saturated carbocycles. The summed E-state index contributed by atoms with van der Waals surface area (Å²) in [4.78, 5) is 15.5. The number of carboxylic acid groups (broad SMARTS) is 1. The van der Waals surface area contributed by atoms with E-state index in [9.17, 15) is 4.79 Å². The maximum absolute atomic E-state index is 11.1. The number of para-hydroxylation sites is 1. The molecule has 1 aromatic heterocycles. The summed E-state index contributed by atoms with van der Waals surface area (Å²) < 4.78 is 5.65. The van der Waals surface area contributed by atoms with Gasteiger partial charge in [-0.05, 0) is 29.9 Å². The van der Waals surface area contributed by atoms with Crippen molar-refractivity contribution in [3.05, 3.63) is 29.7 Å². The topological polar surface area (TPSA) is 63.3 Å². The van der Waals surface area contributed by atoms with Crippen molar-refractivity contribution in [2.45, 2.75) is 40.5 Å². The van der Waals surface area contributed by atoms with Gasteiger partial charge in [0.25, 0.3) is 0 Å². The molecule has 20 heavy (non-hydrogen) atoms. The summed E-state index contributed by atoms with van der Waals surface area (Å²) in [5.41, 5.74) is 1.42. The van der Waals surface area contributed by atoms with E-state index >= 15 is 0 Å². The molecule has 0 amide bonds. The van der Waals surface area contributed by atoms with Crippen LogP contribution in [0.4, 0.5) is 0 Å². The summed E-state index contributed by atoms with van der Waals surface area (Å²) in [6.45, 7) is 8.78. The average Bonchev–Trinajstić information content (AvgIpc) is 2.67. The minimum Gasteiger partial charge on any atom is -0.478 e. The van der Waals surface area contributed by atoms with Crippen LogP contribution in [0.3, 0.4) is 0 Å². The molecule has 0 aliphatic rings. The van der Waals surface area contributed by atoms with E-state index in [1.165, 1.54) is 6.07 Å². The van der Waals surface area contributed by atoms with Gasteiger partial charge in [0.2, 0.25) is 0 Å². The van der Waals surface area contributed by atoms with Gasteiger partial charge in [-0.15, -0.1) is 0 Å². The standard InChI is InChI=1S/C16H21NO3/c1-10(9-16(2,3)4)8-13-17-12-7-5-6-11(15(18)19)14(12)20-13/h5-7,10H,8-9H2,1-4H3,(H,18,19). The van der Waals surface area contributed by atoms with Crippen LogP contribution in [-0.2, 0) is 6.42 Å². The number of carbonyl (C=O) groups is 1. The predicted octanol–water partition coefficient (Wildman–Crippen LogP) is 4.14. The fourth-order valence-electron chi connectivity index (χ4n) is 2.67. The van der Waals surface area contributed by atoms with E-state index in [2.05, 4.69) is 32.7 Å². The van der Waals surface area contributed by atoms with Crippen LogP contribution < -0.4 is 0 Å². The quantitative estimate of drug-likeness (QED) is 0.910. The minimum absolute atomic E-state index is 0.171. The Morgan fingerprint density at radius 3 is 2.70 bits per heavy atom. The molecule has 108 valence electrons. The Kier molecular flexibility index (Phi) is 3.84. The van der Waals surface area contributed by atoms with E-state index in [-0.39, 0.29) is 11.0 Å². The molecule has 0 aliphatic carbocycles. The van der Waals surface area contributed by atoms with Gasteiger partial charge in [0, 0.05) is 6.42 Å².